The van der Waals surface area contributed by atoms with Crippen LogP contribution in [-0.2, 0) is 0 Å². The molecule has 0 bridgehead atoms. The number of nitrogens with zero attached hydrogens (tertiary/aromatic N) is 3. The van der Waals surface area contributed by atoms with Gasteiger partial charge in [-0.2, -0.15) is 4.98 Å². The lowest BCUT2D eigenvalue weighted by Gasteiger charge is -2.17. The lowest BCUT2D eigenvalue weighted by molar-refractivity contribution is 0.304. The van der Waals surface area contributed by atoms with Gasteiger partial charge in [0, 0.05) is 19.0 Å². The highest BCUT2D eigenvalue weighted by Gasteiger charge is 2.23. The first-order valence-electron chi connectivity index (χ1n) is 6.59. The van der Waals surface area contributed by atoms with Crippen molar-refractivity contribution in [2.75, 3.05) is 30.5 Å². The number of alkyl halides is 1. The molecule has 1 fully saturated rings. The third-order valence-corrected chi connectivity index (χ3v) is 3.40. The van der Waals surface area contributed by atoms with Crippen molar-refractivity contribution in [2.45, 2.75) is 26.2 Å². The van der Waals surface area contributed by atoms with Gasteiger partial charge in [0.05, 0.1) is 19.0 Å². The van der Waals surface area contributed by atoms with E-state index < -0.39 is 0 Å². The van der Waals surface area contributed by atoms with Gasteiger partial charge in [-0.1, -0.05) is 6.92 Å². The van der Waals surface area contributed by atoms with Crippen molar-refractivity contribution < 1.29 is 4.74 Å². The quantitative estimate of drug-likeness (QED) is 0.745. The molecule has 2 heterocycles. The van der Waals surface area contributed by atoms with E-state index in [0.717, 1.165) is 37.6 Å². The van der Waals surface area contributed by atoms with Crippen LogP contribution in [0.3, 0.4) is 0 Å². The second-order valence-corrected chi connectivity index (χ2v) is 5.02. The summed E-state index contributed by atoms with van der Waals surface area (Å²) in [6.45, 7) is 4.83. The first kappa shape index (κ1) is 13.4. The maximum Gasteiger partial charge on any atom is 0.234 e. The average molecular weight is 270 g/mol. The largest absolute Gasteiger partial charge is 0.477 e. The summed E-state index contributed by atoms with van der Waals surface area (Å²) in [4.78, 5) is 11.0. The van der Waals surface area contributed by atoms with Gasteiger partial charge in [0.1, 0.15) is 0 Å². The third kappa shape index (κ3) is 3.48. The monoisotopic (exact) mass is 269 g/mol. The smallest absolute Gasteiger partial charge is 0.234 e. The molecule has 2 rings (SSSR count). The molecule has 0 radical (unpaired) electrons. The molecule has 1 unspecified atom stereocenters. The normalized spacial score (nSPS) is 19.2. The molecule has 1 aromatic heterocycles. The number of hydrogen-bond acceptors (Lipinski definition) is 4. The second-order valence-electron chi connectivity index (χ2n) is 4.64. The summed E-state index contributed by atoms with van der Waals surface area (Å²) in [6, 6.07) is 0. The molecule has 4 nitrogen and oxygen atoms in total. The number of anilines is 1. The zero-order valence-electron chi connectivity index (χ0n) is 10.8. The highest BCUT2D eigenvalue weighted by atomic mass is 35.5. The molecule has 1 atom stereocenters. The molecular weight excluding hydrogens is 250 g/mol. The average Bonchev–Trinajstić information content (AvgIpc) is 2.86. The van der Waals surface area contributed by atoms with Gasteiger partial charge < -0.3 is 9.64 Å². The van der Waals surface area contributed by atoms with Gasteiger partial charge in [0.25, 0.3) is 0 Å². The van der Waals surface area contributed by atoms with Gasteiger partial charge in [0.2, 0.25) is 5.88 Å². The Morgan fingerprint density at radius 2 is 2.39 bits per heavy atom. The van der Waals surface area contributed by atoms with Crippen molar-refractivity contribution in [2.24, 2.45) is 5.92 Å². The highest BCUT2D eigenvalue weighted by Crippen LogP contribution is 2.25. The zero-order chi connectivity index (χ0) is 12.8. The van der Waals surface area contributed by atoms with Crippen molar-refractivity contribution in [1.29, 1.82) is 0 Å². The third-order valence-electron chi connectivity index (χ3n) is 3.18. The summed E-state index contributed by atoms with van der Waals surface area (Å²) in [7, 11) is 0. The van der Waals surface area contributed by atoms with Crippen LogP contribution in [0.5, 0.6) is 5.88 Å². The van der Waals surface area contributed by atoms with Crippen LogP contribution in [0, 0.1) is 5.92 Å². The molecule has 0 N–H and O–H groups in total. The molecule has 100 valence electrons. The SMILES string of the molecule is CCCOc1cncc(N2CCC(CCCl)C2)n1. The molecule has 0 saturated carbocycles. The van der Waals surface area contributed by atoms with Gasteiger partial charge in [-0.05, 0) is 25.2 Å². The summed E-state index contributed by atoms with van der Waals surface area (Å²) in [5.41, 5.74) is 0. The number of hydrogen-bond donors (Lipinski definition) is 0. The van der Waals surface area contributed by atoms with Crippen LogP contribution in [0.15, 0.2) is 12.4 Å². The first-order valence-corrected chi connectivity index (χ1v) is 7.12. The van der Waals surface area contributed by atoms with Crippen molar-refractivity contribution in [3.05, 3.63) is 12.4 Å². The van der Waals surface area contributed by atoms with Gasteiger partial charge in [-0.15, -0.1) is 11.6 Å². The van der Waals surface area contributed by atoms with Crippen LogP contribution >= 0.6 is 11.6 Å². The molecule has 1 saturated heterocycles. The molecule has 0 amide bonds. The first-order chi connectivity index (χ1) is 8.83. The lowest BCUT2D eigenvalue weighted by atomic mass is 10.1. The Hall–Kier alpha value is -1.03. The minimum absolute atomic E-state index is 0.621. The van der Waals surface area contributed by atoms with Crippen LogP contribution in [-0.4, -0.2) is 35.5 Å². The predicted octanol–water partition coefficient (Wildman–Crippen LogP) is 2.72. The topological polar surface area (TPSA) is 38.2 Å². The Morgan fingerprint density at radius 3 is 3.17 bits per heavy atom. The van der Waals surface area contributed by atoms with E-state index in [9.17, 15) is 0 Å². The summed E-state index contributed by atoms with van der Waals surface area (Å²) in [5, 5.41) is 0. The molecule has 1 aliphatic rings. The van der Waals surface area contributed by atoms with E-state index in [1.807, 2.05) is 6.20 Å². The van der Waals surface area contributed by atoms with Gasteiger partial charge >= 0.3 is 0 Å². The van der Waals surface area contributed by atoms with Crippen LogP contribution in [0.1, 0.15) is 26.2 Å². The van der Waals surface area contributed by atoms with Gasteiger partial charge in [-0.3, -0.25) is 4.98 Å². The summed E-state index contributed by atoms with van der Waals surface area (Å²) in [5.74, 6) is 2.96. The fourth-order valence-electron chi connectivity index (χ4n) is 2.20. The number of halogens is 1. The van der Waals surface area contributed by atoms with Crippen LogP contribution in [0.4, 0.5) is 5.82 Å². The van der Waals surface area contributed by atoms with Crippen molar-refractivity contribution in [1.82, 2.24) is 9.97 Å². The van der Waals surface area contributed by atoms with Crippen molar-refractivity contribution >= 4 is 17.4 Å². The zero-order valence-corrected chi connectivity index (χ0v) is 11.6. The highest BCUT2D eigenvalue weighted by molar-refractivity contribution is 6.17. The van der Waals surface area contributed by atoms with Crippen LogP contribution in [0.25, 0.3) is 0 Å². The molecule has 0 spiro atoms. The summed E-state index contributed by atoms with van der Waals surface area (Å²) >= 11 is 5.79. The Kier molecular flexibility index (Phi) is 5.05. The summed E-state index contributed by atoms with van der Waals surface area (Å²) in [6.07, 6.45) is 6.73. The molecule has 1 aromatic rings. The van der Waals surface area contributed by atoms with E-state index in [0.29, 0.717) is 18.4 Å². The van der Waals surface area contributed by atoms with E-state index in [2.05, 4.69) is 21.8 Å². The summed E-state index contributed by atoms with van der Waals surface area (Å²) < 4.78 is 5.51. The predicted molar refractivity (Wildman–Crippen MR) is 73.5 cm³/mol. The maximum absolute atomic E-state index is 5.79. The Morgan fingerprint density at radius 1 is 1.50 bits per heavy atom. The van der Waals surface area contributed by atoms with Crippen molar-refractivity contribution in [3.8, 4) is 5.88 Å². The minimum atomic E-state index is 0.621. The molecule has 5 heteroatoms. The molecule has 1 aliphatic heterocycles. The van der Waals surface area contributed by atoms with Crippen molar-refractivity contribution in [3.63, 3.8) is 0 Å². The van der Waals surface area contributed by atoms with Gasteiger partial charge in [0.15, 0.2) is 5.82 Å². The fourth-order valence-corrected chi connectivity index (χ4v) is 2.51. The lowest BCUT2D eigenvalue weighted by Crippen LogP contribution is -2.21. The van der Waals surface area contributed by atoms with E-state index >= 15 is 0 Å². The Balaban J connectivity index is 1.96. The molecule has 0 aliphatic carbocycles. The van der Waals surface area contributed by atoms with E-state index in [-0.39, 0.29) is 0 Å². The van der Waals surface area contributed by atoms with E-state index in [1.54, 1.807) is 6.20 Å². The number of aromatic nitrogens is 2. The molecular formula is C13H20ClN3O. The maximum atomic E-state index is 5.79. The Labute approximate surface area is 113 Å². The van der Waals surface area contributed by atoms with E-state index in [1.165, 1.54) is 6.42 Å². The Bertz CT molecular complexity index is 375. The molecule has 0 aromatic carbocycles. The van der Waals surface area contributed by atoms with Crippen LogP contribution < -0.4 is 9.64 Å². The fraction of sp³-hybridized carbons (Fsp3) is 0.692. The second kappa shape index (κ2) is 6.78. The number of ether oxygens (including phenoxy) is 1. The standard InChI is InChI=1S/C13H20ClN3O/c1-2-7-18-13-9-15-8-12(16-13)17-6-4-11(10-17)3-5-14/h8-9,11H,2-7,10H2,1H3. The van der Waals surface area contributed by atoms with Crippen LogP contribution in [0.2, 0.25) is 0 Å². The van der Waals surface area contributed by atoms with Gasteiger partial charge in [-0.25, -0.2) is 0 Å². The number of rotatable bonds is 6. The molecule has 18 heavy (non-hydrogen) atoms. The minimum Gasteiger partial charge on any atom is -0.477 e. The van der Waals surface area contributed by atoms with E-state index in [4.69, 9.17) is 16.3 Å².